The van der Waals surface area contributed by atoms with Crippen LogP contribution < -0.4 is 5.32 Å². The number of thioether (sulfide) groups is 1. The first kappa shape index (κ1) is 15.5. The molecule has 1 aliphatic heterocycles. The van der Waals surface area contributed by atoms with E-state index in [-0.39, 0.29) is 5.91 Å². The number of rotatable bonds is 3. The molecule has 1 aliphatic rings. The molecule has 8 heteroatoms. The Morgan fingerprint density at radius 1 is 1.08 bits per heavy atom. The molecule has 0 atom stereocenters. The molecule has 6 nitrogen and oxygen atoms in total. The first-order chi connectivity index (χ1) is 12.8. The lowest BCUT2D eigenvalue weighted by molar-refractivity contribution is 0.102. The van der Waals surface area contributed by atoms with Crippen LogP contribution in [-0.2, 0) is 6.54 Å². The number of fused-ring (bicyclic) bond motifs is 2. The number of hydrogen-bond donors (Lipinski definition) is 1. The van der Waals surface area contributed by atoms with E-state index >= 15 is 0 Å². The Morgan fingerprint density at radius 2 is 1.92 bits per heavy atom. The summed E-state index contributed by atoms with van der Waals surface area (Å²) >= 11 is 2.92. The normalized spacial score (nSPS) is 13.1. The van der Waals surface area contributed by atoms with Gasteiger partial charge in [0.25, 0.3) is 5.91 Å². The molecule has 2 aromatic carbocycles. The Labute approximate surface area is 157 Å². The van der Waals surface area contributed by atoms with Crippen LogP contribution in [0.2, 0.25) is 0 Å². The quantitative estimate of drug-likeness (QED) is 0.584. The maximum absolute atomic E-state index is 12.5. The molecule has 0 saturated carbocycles. The summed E-state index contributed by atoms with van der Waals surface area (Å²) in [7, 11) is 0. The van der Waals surface area contributed by atoms with Crippen molar-refractivity contribution < 1.29 is 4.79 Å². The van der Waals surface area contributed by atoms with E-state index in [1.54, 1.807) is 23.9 Å². The van der Waals surface area contributed by atoms with Gasteiger partial charge in [0.1, 0.15) is 11.0 Å². The number of nitrogens with one attached hydrogen (secondary N) is 1. The molecule has 0 radical (unpaired) electrons. The number of imidazole rings is 1. The third-order valence-corrected chi connectivity index (χ3v) is 5.79. The van der Waals surface area contributed by atoms with Gasteiger partial charge in [-0.05, 0) is 30.3 Å². The van der Waals surface area contributed by atoms with E-state index in [9.17, 15) is 4.79 Å². The minimum absolute atomic E-state index is 0.162. The fourth-order valence-corrected chi connectivity index (χ4v) is 4.36. The summed E-state index contributed by atoms with van der Waals surface area (Å²) in [5.74, 6) is 0.932. The van der Waals surface area contributed by atoms with Crippen LogP contribution in [0.15, 0.2) is 53.8 Å². The second-order valence-electron chi connectivity index (χ2n) is 5.95. The minimum atomic E-state index is -0.162. The highest BCUT2D eigenvalue weighted by molar-refractivity contribution is 7.99. The maximum Gasteiger partial charge on any atom is 0.255 e. The van der Waals surface area contributed by atoms with Gasteiger partial charge in [0.05, 0.1) is 17.4 Å². The van der Waals surface area contributed by atoms with Gasteiger partial charge in [0.15, 0.2) is 5.16 Å². The highest BCUT2D eigenvalue weighted by Crippen LogP contribution is 2.29. The van der Waals surface area contributed by atoms with Crippen molar-refractivity contribution in [3.05, 3.63) is 54.2 Å². The number of aromatic nitrogens is 4. The van der Waals surface area contributed by atoms with Crippen LogP contribution in [0.1, 0.15) is 10.4 Å². The Morgan fingerprint density at radius 3 is 2.77 bits per heavy atom. The minimum Gasteiger partial charge on any atom is -0.325 e. The van der Waals surface area contributed by atoms with E-state index in [1.165, 1.54) is 0 Å². The number of carbonyl (C=O) groups excluding carboxylic acids is 1. The average molecular weight is 379 g/mol. The van der Waals surface area contributed by atoms with E-state index in [2.05, 4.69) is 29.8 Å². The van der Waals surface area contributed by atoms with E-state index in [4.69, 9.17) is 0 Å². The summed E-state index contributed by atoms with van der Waals surface area (Å²) in [5.41, 5.74) is 4.87. The Bertz CT molecular complexity index is 1090. The van der Waals surface area contributed by atoms with E-state index in [0.29, 0.717) is 5.56 Å². The lowest BCUT2D eigenvalue weighted by atomic mass is 10.1. The molecule has 1 amide bonds. The van der Waals surface area contributed by atoms with Crippen LogP contribution in [0.5, 0.6) is 0 Å². The van der Waals surface area contributed by atoms with E-state index in [1.807, 2.05) is 30.3 Å². The average Bonchev–Trinajstić information content (AvgIpc) is 3.37. The highest BCUT2D eigenvalue weighted by atomic mass is 32.2. The molecule has 0 saturated heterocycles. The topological polar surface area (TPSA) is 72.7 Å². The number of hydrogen-bond acceptors (Lipinski definition) is 6. The smallest absolute Gasteiger partial charge is 0.255 e. The van der Waals surface area contributed by atoms with Crippen LogP contribution >= 0.6 is 23.5 Å². The molecule has 0 fully saturated rings. The van der Waals surface area contributed by atoms with Crippen molar-refractivity contribution in [2.45, 2.75) is 11.7 Å². The largest absolute Gasteiger partial charge is 0.325 e. The summed E-state index contributed by atoms with van der Waals surface area (Å²) in [4.78, 5) is 17.1. The fraction of sp³-hybridized carbons (Fsp3) is 0.111. The third-order valence-electron chi connectivity index (χ3n) is 4.26. The lowest BCUT2D eigenvalue weighted by Gasteiger charge is -2.06. The van der Waals surface area contributed by atoms with Gasteiger partial charge < -0.3 is 9.88 Å². The highest BCUT2D eigenvalue weighted by Gasteiger charge is 2.15. The van der Waals surface area contributed by atoms with E-state index < -0.39 is 0 Å². The Kier molecular flexibility index (Phi) is 3.72. The van der Waals surface area contributed by atoms with Crippen molar-refractivity contribution in [2.24, 2.45) is 0 Å². The molecule has 0 bridgehead atoms. The number of anilines is 1. The Balaban J connectivity index is 1.34. The summed E-state index contributed by atoms with van der Waals surface area (Å²) in [5, 5.41) is 3.99. The van der Waals surface area contributed by atoms with Crippen LogP contribution in [0.25, 0.3) is 22.3 Å². The van der Waals surface area contributed by atoms with Crippen molar-refractivity contribution in [2.75, 3.05) is 11.1 Å². The van der Waals surface area contributed by atoms with E-state index in [0.717, 1.165) is 57.2 Å². The molecule has 2 aromatic heterocycles. The predicted octanol–water partition coefficient (Wildman–Crippen LogP) is 3.91. The zero-order chi connectivity index (χ0) is 17.5. The standard InChI is InChI=1S/C18H13N5OS2/c24-17(12-3-6-14-15(9-12)22-26-21-14)19-13-4-1-11(2-5-13)16-10-23-7-8-25-18(23)20-16/h1-6,9-10H,7-8H2,(H,19,24). The lowest BCUT2D eigenvalue weighted by Crippen LogP contribution is -2.11. The molecule has 0 unspecified atom stereocenters. The molecular formula is C18H13N5OS2. The molecule has 4 aromatic rings. The third kappa shape index (κ3) is 2.77. The number of nitrogens with zero attached hydrogens (tertiary/aromatic N) is 4. The molecule has 128 valence electrons. The summed E-state index contributed by atoms with van der Waals surface area (Å²) < 4.78 is 10.5. The second-order valence-corrected chi connectivity index (χ2v) is 7.54. The molecule has 3 heterocycles. The number of carbonyl (C=O) groups is 1. The SMILES string of the molecule is O=C(Nc1ccc(-c2cn3c(n2)SCC3)cc1)c1ccc2nsnc2c1. The summed E-state index contributed by atoms with van der Waals surface area (Å²) in [6, 6.07) is 13.1. The monoisotopic (exact) mass is 379 g/mol. The number of benzene rings is 2. The fourth-order valence-electron chi connectivity index (χ4n) is 2.90. The van der Waals surface area contributed by atoms with Gasteiger partial charge in [-0.25, -0.2) is 4.98 Å². The van der Waals surface area contributed by atoms with Crippen molar-refractivity contribution in [3.63, 3.8) is 0 Å². The summed E-state index contributed by atoms with van der Waals surface area (Å²) in [6.07, 6.45) is 2.08. The van der Waals surface area contributed by atoms with Gasteiger partial charge in [-0.1, -0.05) is 23.9 Å². The zero-order valence-corrected chi connectivity index (χ0v) is 15.2. The van der Waals surface area contributed by atoms with Crippen LogP contribution in [0.4, 0.5) is 5.69 Å². The van der Waals surface area contributed by atoms with Gasteiger partial charge in [-0.2, -0.15) is 8.75 Å². The maximum atomic E-state index is 12.5. The van der Waals surface area contributed by atoms with Gasteiger partial charge in [-0.15, -0.1) is 0 Å². The van der Waals surface area contributed by atoms with Gasteiger partial charge in [0.2, 0.25) is 0 Å². The first-order valence-electron chi connectivity index (χ1n) is 8.10. The number of aryl methyl sites for hydroxylation is 1. The molecule has 0 aliphatic carbocycles. The van der Waals surface area contributed by atoms with Crippen LogP contribution in [0, 0.1) is 0 Å². The molecule has 0 spiro atoms. The number of amides is 1. The zero-order valence-electron chi connectivity index (χ0n) is 13.5. The van der Waals surface area contributed by atoms with Crippen molar-refractivity contribution in [3.8, 4) is 11.3 Å². The molecule has 26 heavy (non-hydrogen) atoms. The predicted molar refractivity (Wildman–Crippen MR) is 104 cm³/mol. The van der Waals surface area contributed by atoms with Crippen LogP contribution in [-0.4, -0.2) is 30.0 Å². The second kappa shape index (κ2) is 6.22. The summed E-state index contributed by atoms with van der Waals surface area (Å²) in [6.45, 7) is 1.01. The van der Waals surface area contributed by atoms with Crippen LogP contribution in [0.3, 0.4) is 0 Å². The Hall–Kier alpha value is -2.71. The van der Waals surface area contributed by atoms with Gasteiger partial charge in [-0.3, -0.25) is 4.79 Å². The van der Waals surface area contributed by atoms with Crippen molar-refractivity contribution in [1.82, 2.24) is 18.3 Å². The first-order valence-corrected chi connectivity index (χ1v) is 9.82. The van der Waals surface area contributed by atoms with Crippen molar-refractivity contribution >= 4 is 46.1 Å². The van der Waals surface area contributed by atoms with Crippen molar-refractivity contribution in [1.29, 1.82) is 0 Å². The van der Waals surface area contributed by atoms with Gasteiger partial charge in [0, 0.05) is 35.3 Å². The van der Waals surface area contributed by atoms with Gasteiger partial charge >= 0.3 is 0 Å². The molecule has 5 rings (SSSR count). The molecular weight excluding hydrogens is 366 g/mol. The molecule has 1 N–H and O–H groups in total.